The molecule has 0 bridgehead atoms. The molecule has 0 aromatic heterocycles. The van der Waals surface area contributed by atoms with Crippen LogP contribution >= 0.6 is 0 Å². The maximum absolute atomic E-state index is 14.3. The molecule has 0 heterocycles. The topological polar surface area (TPSA) is 105 Å². The lowest BCUT2D eigenvalue weighted by atomic mass is 10.0. The van der Waals surface area contributed by atoms with Crippen LogP contribution in [0.4, 0.5) is 10.1 Å². The normalized spacial score (nSPS) is 11.7. The molecule has 4 aromatic rings. The number of carbonyl (C=O) groups excluding carboxylic acids is 2. The molecule has 4 rings (SSSR count). The fourth-order valence-corrected chi connectivity index (χ4v) is 6.16. The van der Waals surface area contributed by atoms with Crippen molar-refractivity contribution >= 4 is 27.5 Å². The third kappa shape index (κ3) is 7.54. The molecule has 4 aromatic carbocycles. The van der Waals surface area contributed by atoms with Crippen molar-refractivity contribution < 1.29 is 31.9 Å². The van der Waals surface area contributed by atoms with E-state index in [9.17, 15) is 22.4 Å². The lowest BCUT2D eigenvalue weighted by molar-refractivity contribution is -0.139. The molecule has 1 atom stereocenters. The Hall–Kier alpha value is -4.90. The summed E-state index contributed by atoms with van der Waals surface area (Å²) in [5.74, 6) is -0.849. The third-order valence-corrected chi connectivity index (χ3v) is 8.84. The largest absolute Gasteiger partial charge is 0.497 e. The van der Waals surface area contributed by atoms with Crippen LogP contribution in [0.3, 0.4) is 0 Å². The highest BCUT2D eigenvalue weighted by atomic mass is 32.2. The van der Waals surface area contributed by atoms with Gasteiger partial charge in [0.2, 0.25) is 11.8 Å². The molecular weight excluding hydrogens is 585 g/mol. The quantitative estimate of drug-likeness (QED) is 0.238. The minimum absolute atomic E-state index is 0.0748. The Kier molecular flexibility index (Phi) is 10.6. The number of likely N-dealkylation sites (N-methyl/N-ethyl adjacent to an activating group) is 1. The van der Waals surface area contributed by atoms with Gasteiger partial charge in [0.05, 0.1) is 24.8 Å². The molecule has 2 amide bonds. The molecule has 0 aliphatic carbocycles. The van der Waals surface area contributed by atoms with Gasteiger partial charge in [-0.1, -0.05) is 54.6 Å². The highest BCUT2D eigenvalue weighted by Crippen LogP contribution is 2.33. The number of amides is 2. The van der Waals surface area contributed by atoms with Crippen LogP contribution in [0.15, 0.2) is 108 Å². The van der Waals surface area contributed by atoms with E-state index in [1.165, 1.54) is 80.8 Å². The van der Waals surface area contributed by atoms with Gasteiger partial charge < -0.3 is 19.7 Å². The molecule has 0 aliphatic rings. The number of ether oxygens (including phenoxy) is 2. The highest BCUT2D eigenvalue weighted by Gasteiger charge is 2.35. The molecule has 0 fully saturated rings. The molecule has 1 N–H and O–H groups in total. The first-order chi connectivity index (χ1) is 21.2. The van der Waals surface area contributed by atoms with Crippen molar-refractivity contribution in [3.05, 3.63) is 120 Å². The summed E-state index contributed by atoms with van der Waals surface area (Å²) in [6.07, 6.45) is 0.160. The zero-order valence-corrected chi connectivity index (χ0v) is 25.5. The highest BCUT2D eigenvalue weighted by molar-refractivity contribution is 7.92. The molecule has 11 heteroatoms. The van der Waals surface area contributed by atoms with E-state index in [0.717, 1.165) is 9.87 Å². The summed E-state index contributed by atoms with van der Waals surface area (Å²) in [6, 6.07) is 26.0. The standard InChI is InChI=1S/C33H34FN3O6S/c1-35-33(39)30(21-24-9-5-4-6-10-24)36(22-25-13-15-26(34)16-14-25)32(38)23-37(29-11-7-8-12-31(29)43-3)44(40,41)28-19-17-27(42-2)18-20-28/h4-20,30H,21-23H2,1-3H3,(H,35,39). The Morgan fingerprint density at radius 2 is 1.45 bits per heavy atom. The Bertz CT molecular complexity index is 1670. The van der Waals surface area contributed by atoms with Crippen molar-refractivity contribution in [2.24, 2.45) is 0 Å². The summed E-state index contributed by atoms with van der Waals surface area (Å²) < 4.78 is 53.7. The second-order valence-electron chi connectivity index (χ2n) is 9.83. The van der Waals surface area contributed by atoms with Gasteiger partial charge in [-0.15, -0.1) is 0 Å². The summed E-state index contributed by atoms with van der Waals surface area (Å²) in [5, 5.41) is 2.63. The van der Waals surface area contributed by atoms with Gasteiger partial charge in [0, 0.05) is 20.0 Å². The van der Waals surface area contributed by atoms with Gasteiger partial charge in [-0.25, -0.2) is 12.8 Å². The fraction of sp³-hybridized carbons (Fsp3) is 0.212. The summed E-state index contributed by atoms with van der Waals surface area (Å²) in [7, 11) is 0.0129. The second-order valence-corrected chi connectivity index (χ2v) is 11.7. The van der Waals surface area contributed by atoms with E-state index in [1.54, 1.807) is 18.2 Å². The zero-order chi connectivity index (χ0) is 31.7. The number of benzene rings is 4. The maximum Gasteiger partial charge on any atom is 0.264 e. The lowest BCUT2D eigenvalue weighted by Crippen LogP contribution is -2.53. The van der Waals surface area contributed by atoms with Crippen LogP contribution < -0.4 is 19.1 Å². The van der Waals surface area contributed by atoms with Gasteiger partial charge >= 0.3 is 0 Å². The van der Waals surface area contributed by atoms with E-state index in [0.29, 0.717) is 11.3 Å². The minimum Gasteiger partial charge on any atom is -0.497 e. The van der Waals surface area contributed by atoms with E-state index in [4.69, 9.17) is 9.47 Å². The Morgan fingerprint density at radius 1 is 0.818 bits per heavy atom. The van der Waals surface area contributed by atoms with Crippen molar-refractivity contribution in [1.29, 1.82) is 0 Å². The Labute approximate surface area is 256 Å². The Morgan fingerprint density at radius 3 is 2.07 bits per heavy atom. The van der Waals surface area contributed by atoms with Gasteiger partial charge in [-0.05, 0) is 59.7 Å². The van der Waals surface area contributed by atoms with Crippen LogP contribution in [0.1, 0.15) is 11.1 Å². The molecule has 0 saturated heterocycles. The van der Waals surface area contributed by atoms with Gasteiger partial charge in [0.15, 0.2) is 0 Å². The number of methoxy groups -OCH3 is 2. The number of carbonyl (C=O) groups is 2. The van der Waals surface area contributed by atoms with E-state index < -0.39 is 40.2 Å². The van der Waals surface area contributed by atoms with Gasteiger partial charge in [0.25, 0.3) is 10.0 Å². The van der Waals surface area contributed by atoms with Crippen molar-refractivity contribution in [3.8, 4) is 11.5 Å². The van der Waals surface area contributed by atoms with Gasteiger partial charge in [0.1, 0.15) is 29.9 Å². The monoisotopic (exact) mass is 619 g/mol. The van der Waals surface area contributed by atoms with Crippen LogP contribution in [0.25, 0.3) is 0 Å². The predicted molar refractivity (Wildman–Crippen MR) is 165 cm³/mol. The summed E-state index contributed by atoms with van der Waals surface area (Å²) in [5.41, 5.74) is 1.49. The van der Waals surface area contributed by atoms with Crippen LogP contribution in [0.2, 0.25) is 0 Å². The average molecular weight is 620 g/mol. The smallest absolute Gasteiger partial charge is 0.264 e. The summed E-state index contributed by atoms with van der Waals surface area (Å²) in [6.45, 7) is -0.732. The third-order valence-electron chi connectivity index (χ3n) is 7.06. The number of hydrogen-bond donors (Lipinski definition) is 1. The summed E-state index contributed by atoms with van der Waals surface area (Å²) >= 11 is 0. The van der Waals surface area contributed by atoms with Gasteiger partial charge in [-0.2, -0.15) is 0 Å². The first-order valence-electron chi connectivity index (χ1n) is 13.8. The SMILES string of the molecule is CNC(=O)C(Cc1ccccc1)N(Cc1ccc(F)cc1)C(=O)CN(c1ccccc1OC)S(=O)(=O)c1ccc(OC)cc1. The number of nitrogens with zero attached hydrogens (tertiary/aromatic N) is 2. The molecule has 0 spiro atoms. The van der Waals surface area contributed by atoms with Gasteiger partial charge in [-0.3, -0.25) is 13.9 Å². The molecule has 0 radical (unpaired) electrons. The zero-order valence-electron chi connectivity index (χ0n) is 24.6. The van der Waals surface area contributed by atoms with E-state index in [2.05, 4.69) is 5.32 Å². The minimum atomic E-state index is -4.33. The van der Waals surface area contributed by atoms with Crippen LogP contribution in [0, 0.1) is 5.82 Å². The van der Waals surface area contributed by atoms with Crippen LogP contribution in [-0.2, 0) is 32.6 Å². The van der Waals surface area contributed by atoms with Crippen LogP contribution in [0.5, 0.6) is 11.5 Å². The van der Waals surface area contributed by atoms with Crippen molar-refractivity contribution in [2.45, 2.75) is 23.9 Å². The second kappa shape index (κ2) is 14.5. The number of para-hydroxylation sites is 2. The van der Waals surface area contributed by atoms with Crippen molar-refractivity contribution in [1.82, 2.24) is 10.2 Å². The molecule has 230 valence electrons. The lowest BCUT2D eigenvalue weighted by Gasteiger charge is -2.34. The number of rotatable bonds is 13. The van der Waals surface area contributed by atoms with E-state index in [-0.39, 0.29) is 29.3 Å². The number of halogens is 1. The van der Waals surface area contributed by atoms with E-state index in [1.807, 2.05) is 30.3 Å². The maximum atomic E-state index is 14.3. The van der Waals surface area contributed by atoms with Crippen molar-refractivity contribution in [3.63, 3.8) is 0 Å². The molecule has 0 aliphatic heterocycles. The van der Waals surface area contributed by atoms with Crippen molar-refractivity contribution in [2.75, 3.05) is 32.1 Å². The average Bonchev–Trinajstić information content (AvgIpc) is 3.06. The number of sulfonamides is 1. The first kappa shape index (κ1) is 32.0. The fourth-order valence-electron chi connectivity index (χ4n) is 4.73. The molecule has 9 nitrogen and oxygen atoms in total. The Balaban J connectivity index is 1.81. The number of anilines is 1. The molecular formula is C33H34FN3O6S. The number of nitrogens with one attached hydrogen (secondary N) is 1. The first-order valence-corrected chi connectivity index (χ1v) is 15.2. The summed E-state index contributed by atoms with van der Waals surface area (Å²) in [4.78, 5) is 28.9. The number of hydrogen-bond acceptors (Lipinski definition) is 6. The molecule has 0 saturated carbocycles. The van der Waals surface area contributed by atoms with Crippen LogP contribution in [-0.4, -0.2) is 59.0 Å². The van der Waals surface area contributed by atoms with E-state index >= 15 is 0 Å². The molecule has 1 unspecified atom stereocenters. The molecule has 44 heavy (non-hydrogen) atoms. The predicted octanol–water partition coefficient (Wildman–Crippen LogP) is 4.42.